The van der Waals surface area contributed by atoms with E-state index in [1.165, 1.54) is 0 Å². The second kappa shape index (κ2) is 5.45. The number of amides is 2. The van der Waals surface area contributed by atoms with Gasteiger partial charge < -0.3 is 14.8 Å². The lowest BCUT2D eigenvalue weighted by molar-refractivity contribution is 0.0659. The third-order valence-electron chi connectivity index (χ3n) is 4.69. The third kappa shape index (κ3) is 2.28. The highest BCUT2D eigenvalue weighted by Gasteiger charge is 2.27. The second-order valence-electron chi connectivity index (χ2n) is 6.44. The number of rotatable bonds is 1. The molecular formula is C17H19N5O2. The van der Waals surface area contributed by atoms with Gasteiger partial charge in [0, 0.05) is 42.6 Å². The monoisotopic (exact) mass is 325 g/mol. The van der Waals surface area contributed by atoms with Crippen molar-refractivity contribution in [1.82, 2.24) is 20.2 Å². The number of aryl methyl sites for hydroxylation is 1. The summed E-state index contributed by atoms with van der Waals surface area (Å²) in [6, 6.07) is 3.78. The fraction of sp³-hybridized carbons (Fsp3) is 0.353. The predicted molar refractivity (Wildman–Crippen MR) is 91.5 cm³/mol. The van der Waals surface area contributed by atoms with E-state index < -0.39 is 0 Å². The molecule has 4 rings (SSSR count). The molecule has 0 atom stereocenters. The van der Waals surface area contributed by atoms with Gasteiger partial charge in [0.15, 0.2) is 0 Å². The SMILES string of the molecule is Cc1cc2c3c(c(C(=O)N4CCN(C)CC4)[nH]c3c1)C=NNC2=O. The first-order valence-electron chi connectivity index (χ1n) is 8.02. The molecule has 1 aromatic carbocycles. The summed E-state index contributed by atoms with van der Waals surface area (Å²) in [7, 11) is 2.05. The molecule has 1 fully saturated rings. The lowest BCUT2D eigenvalue weighted by atomic mass is 10.0. The molecule has 2 N–H and O–H groups in total. The van der Waals surface area contributed by atoms with Crippen LogP contribution in [0.2, 0.25) is 0 Å². The van der Waals surface area contributed by atoms with Gasteiger partial charge in [0.25, 0.3) is 11.8 Å². The molecule has 3 heterocycles. The summed E-state index contributed by atoms with van der Waals surface area (Å²) in [5, 5.41) is 4.73. The Kier molecular flexibility index (Phi) is 3.38. The zero-order valence-corrected chi connectivity index (χ0v) is 13.7. The summed E-state index contributed by atoms with van der Waals surface area (Å²) in [5.74, 6) is -0.296. The molecule has 24 heavy (non-hydrogen) atoms. The number of nitrogens with zero attached hydrogens (tertiary/aromatic N) is 3. The molecule has 124 valence electrons. The smallest absolute Gasteiger partial charge is 0.272 e. The second-order valence-corrected chi connectivity index (χ2v) is 6.44. The fourth-order valence-electron chi connectivity index (χ4n) is 3.36. The number of hydrazone groups is 1. The molecule has 7 heteroatoms. The van der Waals surface area contributed by atoms with Crippen LogP contribution in [0.5, 0.6) is 0 Å². The van der Waals surface area contributed by atoms with E-state index in [4.69, 9.17) is 0 Å². The number of hydrogen-bond donors (Lipinski definition) is 2. The standard InChI is InChI=1S/C17H19N5O2/c1-10-7-11-14-12(9-18-20-16(11)23)15(19-13(14)8-10)17(24)22-5-3-21(2)4-6-22/h7-9,19H,3-6H2,1-2H3,(H,20,23). The van der Waals surface area contributed by atoms with Gasteiger partial charge in [0.1, 0.15) is 5.69 Å². The van der Waals surface area contributed by atoms with Gasteiger partial charge in [-0.15, -0.1) is 0 Å². The van der Waals surface area contributed by atoms with E-state index in [0.717, 1.165) is 29.6 Å². The van der Waals surface area contributed by atoms with Crippen molar-refractivity contribution in [1.29, 1.82) is 0 Å². The third-order valence-corrected chi connectivity index (χ3v) is 4.69. The number of hydrogen-bond acceptors (Lipinski definition) is 4. The van der Waals surface area contributed by atoms with Crippen LogP contribution in [-0.2, 0) is 0 Å². The van der Waals surface area contributed by atoms with Gasteiger partial charge in [-0.25, -0.2) is 5.43 Å². The maximum atomic E-state index is 13.0. The van der Waals surface area contributed by atoms with E-state index in [0.29, 0.717) is 29.9 Å². The van der Waals surface area contributed by atoms with Gasteiger partial charge in [-0.1, -0.05) is 0 Å². The Bertz CT molecular complexity index is 875. The summed E-state index contributed by atoms with van der Waals surface area (Å²) in [5.41, 5.74) is 5.98. The van der Waals surface area contributed by atoms with Gasteiger partial charge in [-0.2, -0.15) is 5.10 Å². The Balaban J connectivity index is 1.84. The number of aromatic nitrogens is 1. The van der Waals surface area contributed by atoms with Gasteiger partial charge in [-0.3, -0.25) is 9.59 Å². The minimum atomic E-state index is -0.253. The first kappa shape index (κ1) is 14.9. The van der Waals surface area contributed by atoms with Crippen molar-refractivity contribution in [2.24, 2.45) is 5.10 Å². The Morgan fingerprint density at radius 1 is 1.21 bits per heavy atom. The average molecular weight is 325 g/mol. The molecule has 2 aliphatic rings. The van der Waals surface area contributed by atoms with Crippen molar-refractivity contribution < 1.29 is 9.59 Å². The van der Waals surface area contributed by atoms with E-state index in [9.17, 15) is 9.59 Å². The highest BCUT2D eigenvalue weighted by atomic mass is 16.2. The minimum absolute atomic E-state index is 0.0429. The van der Waals surface area contributed by atoms with Crippen LogP contribution in [-0.4, -0.2) is 66.0 Å². The number of carbonyl (C=O) groups excluding carboxylic acids is 2. The summed E-state index contributed by atoms with van der Waals surface area (Å²) in [6.45, 7) is 5.05. The minimum Gasteiger partial charge on any atom is -0.350 e. The highest BCUT2D eigenvalue weighted by Crippen LogP contribution is 2.28. The van der Waals surface area contributed by atoms with Crippen molar-refractivity contribution in [3.63, 3.8) is 0 Å². The molecule has 0 saturated carbocycles. The molecule has 2 aliphatic heterocycles. The first-order valence-corrected chi connectivity index (χ1v) is 8.02. The molecule has 0 aliphatic carbocycles. The Hall–Kier alpha value is -2.67. The van der Waals surface area contributed by atoms with Crippen molar-refractivity contribution >= 4 is 28.9 Å². The number of benzene rings is 1. The van der Waals surface area contributed by atoms with Gasteiger partial charge >= 0.3 is 0 Å². The quantitative estimate of drug-likeness (QED) is 0.819. The number of H-pyrrole nitrogens is 1. The van der Waals surface area contributed by atoms with E-state index in [1.807, 2.05) is 24.0 Å². The number of carbonyl (C=O) groups is 2. The molecule has 0 radical (unpaired) electrons. The van der Waals surface area contributed by atoms with E-state index in [2.05, 4.69) is 27.5 Å². The summed E-state index contributed by atoms with van der Waals surface area (Å²) < 4.78 is 0. The lowest BCUT2D eigenvalue weighted by Crippen LogP contribution is -2.47. The summed E-state index contributed by atoms with van der Waals surface area (Å²) in [6.07, 6.45) is 1.56. The predicted octanol–water partition coefficient (Wildman–Crippen LogP) is 0.941. The topological polar surface area (TPSA) is 80.8 Å². The normalized spacial score (nSPS) is 17.9. The molecule has 0 bridgehead atoms. The van der Waals surface area contributed by atoms with Crippen molar-refractivity contribution in [2.45, 2.75) is 6.92 Å². The van der Waals surface area contributed by atoms with Gasteiger partial charge in [-0.05, 0) is 31.7 Å². The maximum Gasteiger partial charge on any atom is 0.272 e. The number of likely N-dealkylation sites (N-methyl/N-ethyl adjacent to an activating group) is 1. The lowest BCUT2D eigenvalue weighted by Gasteiger charge is -2.32. The van der Waals surface area contributed by atoms with Crippen molar-refractivity contribution in [3.8, 4) is 0 Å². The largest absolute Gasteiger partial charge is 0.350 e. The van der Waals surface area contributed by atoms with E-state index in [-0.39, 0.29) is 11.8 Å². The molecule has 0 unspecified atom stereocenters. The van der Waals surface area contributed by atoms with E-state index >= 15 is 0 Å². The van der Waals surface area contributed by atoms with Crippen LogP contribution < -0.4 is 5.43 Å². The molecule has 2 aromatic rings. The first-order chi connectivity index (χ1) is 11.5. The van der Waals surface area contributed by atoms with Crippen LogP contribution in [0, 0.1) is 6.92 Å². The number of nitrogens with one attached hydrogen (secondary N) is 2. The Morgan fingerprint density at radius 2 is 1.96 bits per heavy atom. The Morgan fingerprint density at radius 3 is 2.71 bits per heavy atom. The average Bonchev–Trinajstić information content (AvgIpc) is 2.83. The molecule has 1 aromatic heterocycles. The summed E-state index contributed by atoms with van der Waals surface area (Å²) >= 11 is 0. The summed E-state index contributed by atoms with van der Waals surface area (Å²) in [4.78, 5) is 32.5. The van der Waals surface area contributed by atoms with Crippen LogP contribution in [0.15, 0.2) is 17.2 Å². The Labute approximate surface area is 139 Å². The van der Waals surface area contributed by atoms with Gasteiger partial charge in [0.2, 0.25) is 0 Å². The molecular weight excluding hydrogens is 306 g/mol. The maximum absolute atomic E-state index is 13.0. The zero-order chi connectivity index (χ0) is 16.8. The molecule has 0 spiro atoms. The number of piperazine rings is 1. The molecule has 1 saturated heterocycles. The molecule has 7 nitrogen and oxygen atoms in total. The van der Waals surface area contributed by atoms with E-state index in [1.54, 1.807) is 6.21 Å². The molecule has 2 amide bonds. The number of aromatic amines is 1. The van der Waals surface area contributed by atoms with Crippen molar-refractivity contribution in [3.05, 3.63) is 34.5 Å². The van der Waals surface area contributed by atoms with Crippen molar-refractivity contribution in [2.75, 3.05) is 33.2 Å². The van der Waals surface area contributed by atoms with Crippen LogP contribution in [0.3, 0.4) is 0 Å². The van der Waals surface area contributed by atoms with Gasteiger partial charge in [0.05, 0.1) is 11.8 Å². The highest BCUT2D eigenvalue weighted by molar-refractivity contribution is 6.18. The van der Waals surface area contributed by atoms with Crippen LogP contribution in [0.4, 0.5) is 0 Å². The zero-order valence-electron chi connectivity index (χ0n) is 13.7. The van der Waals surface area contributed by atoms with Crippen LogP contribution in [0.25, 0.3) is 10.9 Å². The van der Waals surface area contributed by atoms with Crippen LogP contribution >= 0.6 is 0 Å². The fourth-order valence-corrected chi connectivity index (χ4v) is 3.36. The van der Waals surface area contributed by atoms with Crippen LogP contribution in [0.1, 0.15) is 32.0 Å².